The van der Waals surface area contributed by atoms with Gasteiger partial charge in [-0.3, -0.25) is 0 Å². The third-order valence-electron chi connectivity index (χ3n) is 3.02. The Kier molecular flexibility index (Phi) is 3.32. The summed E-state index contributed by atoms with van der Waals surface area (Å²) in [5.41, 5.74) is 1.45. The van der Waals surface area contributed by atoms with E-state index in [9.17, 15) is 5.26 Å². The molecule has 3 aromatic rings. The summed E-state index contributed by atoms with van der Waals surface area (Å²) in [5.74, 6) is 0.697. The molecule has 0 saturated carbocycles. The Bertz CT molecular complexity index is 774. The Morgan fingerprint density at radius 3 is 2.95 bits per heavy atom. The number of nitrogens with one attached hydrogen (secondary N) is 1. The van der Waals surface area contributed by atoms with Crippen LogP contribution in [0.5, 0.6) is 0 Å². The number of hydrogen-bond acceptors (Lipinski definition) is 5. The van der Waals surface area contributed by atoms with Crippen LogP contribution in [0.4, 0.5) is 5.82 Å². The number of pyridine rings is 1. The Morgan fingerprint density at radius 1 is 1.35 bits per heavy atom. The van der Waals surface area contributed by atoms with E-state index in [1.54, 1.807) is 23.6 Å². The van der Waals surface area contributed by atoms with E-state index in [0.29, 0.717) is 11.4 Å². The number of hydrogen-bond donors (Lipinski definition) is 1. The molecule has 0 aliphatic carbocycles. The van der Waals surface area contributed by atoms with Gasteiger partial charge in [0.25, 0.3) is 0 Å². The molecule has 1 aromatic carbocycles. The van der Waals surface area contributed by atoms with Gasteiger partial charge in [0.1, 0.15) is 10.8 Å². The molecule has 0 spiro atoms. The zero-order chi connectivity index (χ0) is 13.9. The van der Waals surface area contributed by atoms with E-state index < -0.39 is 0 Å². The summed E-state index contributed by atoms with van der Waals surface area (Å²) >= 11 is 1.60. The van der Waals surface area contributed by atoms with Crippen molar-refractivity contribution in [3.05, 3.63) is 52.5 Å². The fraction of sp³-hybridized carbons (Fsp3) is 0.133. The van der Waals surface area contributed by atoms with Gasteiger partial charge in [0.15, 0.2) is 0 Å². The van der Waals surface area contributed by atoms with Crippen LogP contribution in [-0.2, 0) is 0 Å². The van der Waals surface area contributed by atoms with Crippen LogP contribution in [0.3, 0.4) is 0 Å². The van der Waals surface area contributed by atoms with E-state index in [4.69, 9.17) is 0 Å². The molecule has 20 heavy (non-hydrogen) atoms. The number of anilines is 1. The number of nitrogens with zero attached hydrogens (tertiary/aromatic N) is 3. The van der Waals surface area contributed by atoms with E-state index in [1.165, 1.54) is 0 Å². The number of para-hydroxylation sites is 1. The third-order valence-corrected chi connectivity index (χ3v) is 3.98. The average molecular weight is 280 g/mol. The first-order valence-electron chi connectivity index (χ1n) is 6.24. The molecule has 0 amide bonds. The van der Waals surface area contributed by atoms with Crippen molar-refractivity contribution in [2.24, 2.45) is 0 Å². The molecular weight excluding hydrogens is 268 g/mol. The Balaban J connectivity index is 1.98. The zero-order valence-corrected chi connectivity index (χ0v) is 11.7. The smallest absolute Gasteiger partial charge is 0.128 e. The summed E-state index contributed by atoms with van der Waals surface area (Å²) in [6, 6.07) is 11.7. The summed E-state index contributed by atoms with van der Waals surface area (Å²) in [4.78, 5) is 8.83. The number of rotatable bonds is 3. The lowest BCUT2D eigenvalue weighted by molar-refractivity contribution is 0.862. The maximum atomic E-state index is 9.26. The van der Waals surface area contributed by atoms with E-state index in [0.717, 1.165) is 15.9 Å². The Morgan fingerprint density at radius 2 is 2.20 bits per heavy atom. The van der Waals surface area contributed by atoms with Crippen molar-refractivity contribution in [3.8, 4) is 6.07 Å². The standard InChI is InChI=1S/C15H12N4S/c1-10(15-17-6-7-20-15)18-14-8-11(9-16)12-4-2-3-5-13(12)19-14/h2-8,10H,1H3,(H,18,19). The Hall–Kier alpha value is -2.45. The van der Waals surface area contributed by atoms with E-state index in [-0.39, 0.29) is 6.04 Å². The lowest BCUT2D eigenvalue weighted by Crippen LogP contribution is -2.08. The van der Waals surface area contributed by atoms with Gasteiger partial charge in [0.05, 0.1) is 23.2 Å². The van der Waals surface area contributed by atoms with Crippen LogP contribution in [0.1, 0.15) is 23.5 Å². The highest BCUT2D eigenvalue weighted by Crippen LogP contribution is 2.24. The Labute approximate surface area is 120 Å². The summed E-state index contributed by atoms with van der Waals surface area (Å²) in [7, 11) is 0. The van der Waals surface area contributed by atoms with Crippen molar-refractivity contribution < 1.29 is 0 Å². The predicted molar refractivity (Wildman–Crippen MR) is 80.6 cm³/mol. The van der Waals surface area contributed by atoms with E-state index in [1.807, 2.05) is 36.6 Å². The number of nitriles is 1. The molecule has 0 bridgehead atoms. The maximum Gasteiger partial charge on any atom is 0.128 e. The minimum Gasteiger partial charge on any atom is -0.361 e. The molecule has 3 rings (SSSR count). The van der Waals surface area contributed by atoms with Gasteiger partial charge >= 0.3 is 0 Å². The molecule has 0 fully saturated rings. The highest BCUT2D eigenvalue weighted by atomic mass is 32.1. The molecule has 5 heteroatoms. The number of fused-ring (bicyclic) bond motifs is 1. The summed E-state index contributed by atoms with van der Waals surface area (Å²) in [6.45, 7) is 2.03. The predicted octanol–water partition coefficient (Wildman–Crippen LogP) is 3.74. The molecule has 0 saturated heterocycles. The van der Waals surface area contributed by atoms with Crippen LogP contribution in [0.2, 0.25) is 0 Å². The molecule has 0 radical (unpaired) electrons. The van der Waals surface area contributed by atoms with Gasteiger partial charge in [0, 0.05) is 17.0 Å². The highest BCUT2D eigenvalue weighted by molar-refractivity contribution is 7.09. The number of thiazole rings is 1. The van der Waals surface area contributed by atoms with E-state index in [2.05, 4.69) is 21.4 Å². The number of aromatic nitrogens is 2. The van der Waals surface area contributed by atoms with Crippen molar-refractivity contribution in [3.63, 3.8) is 0 Å². The van der Waals surface area contributed by atoms with E-state index >= 15 is 0 Å². The molecule has 0 aliphatic heterocycles. The van der Waals surface area contributed by atoms with Crippen molar-refractivity contribution in [1.82, 2.24) is 9.97 Å². The largest absolute Gasteiger partial charge is 0.361 e. The molecule has 98 valence electrons. The van der Waals surface area contributed by atoms with Gasteiger partial charge in [0.2, 0.25) is 0 Å². The van der Waals surface area contributed by atoms with Gasteiger partial charge in [-0.2, -0.15) is 5.26 Å². The summed E-state index contributed by atoms with van der Waals surface area (Å²) in [6.07, 6.45) is 1.78. The second-order valence-corrected chi connectivity index (χ2v) is 5.35. The molecule has 1 unspecified atom stereocenters. The molecule has 2 aromatic heterocycles. The molecule has 4 nitrogen and oxygen atoms in total. The van der Waals surface area contributed by atoms with Crippen LogP contribution >= 0.6 is 11.3 Å². The fourth-order valence-electron chi connectivity index (χ4n) is 2.07. The molecular formula is C15H12N4S. The van der Waals surface area contributed by atoms with Crippen molar-refractivity contribution in [1.29, 1.82) is 5.26 Å². The zero-order valence-electron chi connectivity index (χ0n) is 10.9. The van der Waals surface area contributed by atoms with Gasteiger partial charge in [-0.05, 0) is 19.1 Å². The summed E-state index contributed by atoms with van der Waals surface area (Å²) < 4.78 is 0. The van der Waals surface area contributed by atoms with Crippen LogP contribution < -0.4 is 5.32 Å². The minimum absolute atomic E-state index is 0.0650. The van der Waals surface area contributed by atoms with Crippen molar-refractivity contribution >= 4 is 28.1 Å². The lowest BCUT2D eigenvalue weighted by Gasteiger charge is -2.13. The minimum atomic E-state index is 0.0650. The molecule has 1 N–H and O–H groups in total. The number of benzene rings is 1. The van der Waals surface area contributed by atoms with Crippen LogP contribution in [-0.4, -0.2) is 9.97 Å². The van der Waals surface area contributed by atoms with Gasteiger partial charge < -0.3 is 5.32 Å². The van der Waals surface area contributed by atoms with Crippen LogP contribution in [0.25, 0.3) is 10.9 Å². The topological polar surface area (TPSA) is 61.6 Å². The molecule has 2 heterocycles. The van der Waals surface area contributed by atoms with Crippen molar-refractivity contribution in [2.45, 2.75) is 13.0 Å². The van der Waals surface area contributed by atoms with Gasteiger partial charge in [-0.1, -0.05) is 18.2 Å². The molecule has 1 atom stereocenters. The third kappa shape index (κ3) is 2.33. The normalized spacial score (nSPS) is 12.0. The van der Waals surface area contributed by atoms with Gasteiger partial charge in [-0.15, -0.1) is 11.3 Å². The second kappa shape index (κ2) is 5.27. The monoisotopic (exact) mass is 280 g/mol. The molecule has 0 aliphatic rings. The fourth-order valence-corrected chi connectivity index (χ4v) is 2.72. The highest BCUT2D eigenvalue weighted by Gasteiger charge is 2.10. The average Bonchev–Trinajstić information content (AvgIpc) is 3.00. The quantitative estimate of drug-likeness (QED) is 0.794. The van der Waals surface area contributed by atoms with Gasteiger partial charge in [-0.25, -0.2) is 9.97 Å². The first-order valence-corrected chi connectivity index (χ1v) is 7.11. The second-order valence-electron chi connectivity index (χ2n) is 4.42. The van der Waals surface area contributed by atoms with Crippen molar-refractivity contribution in [2.75, 3.05) is 5.32 Å². The first-order chi connectivity index (χ1) is 9.78. The SMILES string of the molecule is CC(Nc1cc(C#N)c2ccccc2n1)c1nccs1. The van der Waals surface area contributed by atoms with Crippen LogP contribution in [0.15, 0.2) is 41.9 Å². The maximum absolute atomic E-state index is 9.26. The van der Waals surface area contributed by atoms with Crippen LogP contribution in [0, 0.1) is 11.3 Å². The summed E-state index contributed by atoms with van der Waals surface area (Å²) in [5, 5.41) is 16.4. The lowest BCUT2D eigenvalue weighted by atomic mass is 10.1. The first kappa shape index (κ1) is 12.6.